The van der Waals surface area contributed by atoms with Crippen molar-refractivity contribution in [3.8, 4) is 10.4 Å². The molecule has 0 saturated carbocycles. The van der Waals surface area contributed by atoms with Crippen LogP contribution in [0.3, 0.4) is 0 Å². The first-order valence-electron chi connectivity index (χ1n) is 4.46. The highest BCUT2D eigenvalue weighted by Gasteiger charge is 2.04. The van der Waals surface area contributed by atoms with Crippen molar-refractivity contribution in [1.29, 1.82) is 0 Å². The Morgan fingerprint density at radius 1 is 1.29 bits per heavy atom. The highest BCUT2D eigenvalue weighted by atomic mass is 32.1. The van der Waals surface area contributed by atoms with Crippen molar-refractivity contribution >= 4 is 16.5 Å². The fraction of sp³-hybridized carbons (Fsp3) is 0.182. The fourth-order valence-corrected chi connectivity index (χ4v) is 2.28. The number of nitrogens with zero attached hydrogens (tertiary/aromatic N) is 1. The summed E-state index contributed by atoms with van der Waals surface area (Å²) in [5, 5.41) is 0.625. The Balaban J connectivity index is 2.52. The number of nitrogens with two attached hydrogens (primary N) is 1. The van der Waals surface area contributed by atoms with E-state index in [-0.39, 0.29) is 0 Å². The van der Waals surface area contributed by atoms with Crippen molar-refractivity contribution < 1.29 is 0 Å². The Morgan fingerprint density at radius 2 is 2.07 bits per heavy atom. The van der Waals surface area contributed by atoms with Crippen LogP contribution in [0.5, 0.6) is 0 Å². The average molecular weight is 204 g/mol. The van der Waals surface area contributed by atoms with Crippen molar-refractivity contribution in [1.82, 2.24) is 4.98 Å². The molecule has 0 aliphatic carbocycles. The van der Waals surface area contributed by atoms with Gasteiger partial charge < -0.3 is 5.73 Å². The average Bonchev–Trinajstić information content (AvgIpc) is 2.51. The molecular weight excluding hydrogens is 192 g/mol. The highest BCUT2D eigenvalue weighted by Crippen LogP contribution is 2.30. The summed E-state index contributed by atoms with van der Waals surface area (Å²) in [5.41, 5.74) is 9.38. The van der Waals surface area contributed by atoms with Gasteiger partial charge in [0.25, 0.3) is 0 Å². The molecule has 2 N–H and O–H groups in total. The Labute approximate surface area is 87.4 Å². The molecule has 3 heteroatoms. The summed E-state index contributed by atoms with van der Waals surface area (Å²) >= 11 is 1.53. The second kappa shape index (κ2) is 3.42. The van der Waals surface area contributed by atoms with Crippen molar-refractivity contribution in [3.63, 3.8) is 0 Å². The summed E-state index contributed by atoms with van der Waals surface area (Å²) in [6.45, 7) is 4.20. The number of aromatic nitrogens is 1. The summed E-state index contributed by atoms with van der Waals surface area (Å²) in [6, 6.07) is 6.40. The summed E-state index contributed by atoms with van der Waals surface area (Å²) in [6.07, 6.45) is 1.83. The Bertz CT molecular complexity index is 460. The molecule has 72 valence electrons. The summed E-state index contributed by atoms with van der Waals surface area (Å²) in [5.74, 6) is 0. The molecule has 2 aromatic rings. The van der Waals surface area contributed by atoms with E-state index in [0.29, 0.717) is 5.13 Å². The summed E-state index contributed by atoms with van der Waals surface area (Å²) in [4.78, 5) is 5.19. The lowest BCUT2D eigenvalue weighted by atomic mass is 10.1. The van der Waals surface area contributed by atoms with Crippen LogP contribution >= 0.6 is 11.3 Å². The van der Waals surface area contributed by atoms with Crippen LogP contribution in [0.4, 0.5) is 5.13 Å². The molecule has 0 amide bonds. The van der Waals surface area contributed by atoms with E-state index in [1.54, 1.807) is 0 Å². The summed E-state index contributed by atoms with van der Waals surface area (Å²) in [7, 11) is 0. The summed E-state index contributed by atoms with van der Waals surface area (Å²) < 4.78 is 0. The molecule has 1 aromatic heterocycles. The first kappa shape index (κ1) is 9.21. The van der Waals surface area contributed by atoms with Crippen LogP contribution in [0, 0.1) is 13.8 Å². The topological polar surface area (TPSA) is 38.9 Å². The quantitative estimate of drug-likeness (QED) is 0.775. The van der Waals surface area contributed by atoms with Gasteiger partial charge in [0.05, 0.1) is 4.88 Å². The van der Waals surface area contributed by atoms with Crippen molar-refractivity contribution in [2.24, 2.45) is 0 Å². The third-order valence-electron chi connectivity index (χ3n) is 2.17. The van der Waals surface area contributed by atoms with Gasteiger partial charge in [-0.3, -0.25) is 0 Å². The van der Waals surface area contributed by atoms with Gasteiger partial charge in [-0.2, -0.15) is 0 Å². The predicted molar refractivity (Wildman–Crippen MR) is 61.4 cm³/mol. The molecule has 14 heavy (non-hydrogen) atoms. The number of anilines is 1. The normalized spacial score (nSPS) is 10.4. The maximum Gasteiger partial charge on any atom is 0.180 e. The maximum atomic E-state index is 5.60. The lowest BCUT2D eigenvalue weighted by molar-refractivity contribution is 1.38. The van der Waals surface area contributed by atoms with Crippen LogP contribution in [-0.2, 0) is 0 Å². The zero-order valence-electron chi connectivity index (χ0n) is 8.24. The molecule has 0 unspecified atom stereocenters. The van der Waals surface area contributed by atoms with Gasteiger partial charge in [-0.1, -0.05) is 35.1 Å². The standard InChI is InChI=1S/C11H12N2S/c1-7-3-4-9(8(2)5-7)10-6-13-11(12)14-10/h3-6H,1-2H3,(H2,12,13). The largest absolute Gasteiger partial charge is 0.375 e. The number of hydrogen-bond donors (Lipinski definition) is 1. The first-order valence-corrected chi connectivity index (χ1v) is 5.27. The van der Waals surface area contributed by atoms with E-state index < -0.39 is 0 Å². The van der Waals surface area contributed by atoms with Crippen LogP contribution in [0.25, 0.3) is 10.4 Å². The Kier molecular flexibility index (Phi) is 2.25. The molecule has 2 rings (SSSR count). The van der Waals surface area contributed by atoms with E-state index in [1.807, 2.05) is 6.20 Å². The van der Waals surface area contributed by atoms with Crippen LogP contribution < -0.4 is 5.73 Å². The van der Waals surface area contributed by atoms with Crippen molar-refractivity contribution in [2.75, 3.05) is 5.73 Å². The fourth-order valence-electron chi connectivity index (χ4n) is 1.50. The molecule has 0 spiro atoms. The van der Waals surface area contributed by atoms with Gasteiger partial charge in [-0.25, -0.2) is 4.98 Å². The molecule has 1 heterocycles. The van der Waals surface area contributed by atoms with E-state index in [1.165, 1.54) is 28.0 Å². The lowest BCUT2D eigenvalue weighted by Gasteiger charge is -2.03. The predicted octanol–water partition coefficient (Wildman–Crippen LogP) is 3.01. The monoisotopic (exact) mass is 204 g/mol. The van der Waals surface area contributed by atoms with Crippen LogP contribution in [0.2, 0.25) is 0 Å². The Hall–Kier alpha value is -1.35. The van der Waals surface area contributed by atoms with E-state index in [0.717, 1.165) is 4.88 Å². The maximum absolute atomic E-state index is 5.60. The third kappa shape index (κ3) is 1.63. The molecule has 0 aliphatic heterocycles. The number of hydrogen-bond acceptors (Lipinski definition) is 3. The highest BCUT2D eigenvalue weighted by molar-refractivity contribution is 7.18. The minimum Gasteiger partial charge on any atom is -0.375 e. The minimum absolute atomic E-state index is 0.625. The second-order valence-electron chi connectivity index (χ2n) is 3.38. The lowest BCUT2D eigenvalue weighted by Crippen LogP contribution is -1.81. The van der Waals surface area contributed by atoms with Gasteiger partial charge in [0.15, 0.2) is 5.13 Å². The van der Waals surface area contributed by atoms with Gasteiger partial charge in [0.1, 0.15) is 0 Å². The minimum atomic E-state index is 0.625. The van der Waals surface area contributed by atoms with Crippen LogP contribution in [-0.4, -0.2) is 4.98 Å². The number of thiazole rings is 1. The molecule has 0 fully saturated rings. The zero-order valence-corrected chi connectivity index (χ0v) is 9.06. The van der Waals surface area contributed by atoms with Gasteiger partial charge in [0, 0.05) is 6.20 Å². The van der Waals surface area contributed by atoms with Crippen LogP contribution in [0.1, 0.15) is 11.1 Å². The first-order chi connectivity index (χ1) is 6.66. The molecular formula is C11H12N2S. The van der Waals surface area contributed by atoms with Crippen LogP contribution in [0.15, 0.2) is 24.4 Å². The smallest absolute Gasteiger partial charge is 0.180 e. The SMILES string of the molecule is Cc1ccc(-c2cnc(N)s2)c(C)c1. The molecule has 0 atom stereocenters. The van der Waals surface area contributed by atoms with E-state index in [2.05, 4.69) is 37.0 Å². The third-order valence-corrected chi connectivity index (χ3v) is 3.03. The van der Waals surface area contributed by atoms with Crippen molar-refractivity contribution in [2.45, 2.75) is 13.8 Å². The molecule has 0 aliphatic rings. The van der Waals surface area contributed by atoms with Gasteiger partial charge in [0.2, 0.25) is 0 Å². The number of rotatable bonds is 1. The van der Waals surface area contributed by atoms with E-state index >= 15 is 0 Å². The van der Waals surface area contributed by atoms with Gasteiger partial charge >= 0.3 is 0 Å². The van der Waals surface area contributed by atoms with E-state index in [4.69, 9.17) is 5.73 Å². The van der Waals surface area contributed by atoms with E-state index in [9.17, 15) is 0 Å². The zero-order chi connectivity index (χ0) is 10.1. The molecule has 0 radical (unpaired) electrons. The molecule has 0 saturated heterocycles. The molecule has 1 aromatic carbocycles. The van der Waals surface area contributed by atoms with Gasteiger partial charge in [-0.05, 0) is 25.0 Å². The van der Waals surface area contributed by atoms with Crippen molar-refractivity contribution in [3.05, 3.63) is 35.5 Å². The molecule has 0 bridgehead atoms. The van der Waals surface area contributed by atoms with Gasteiger partial charge in [-0.15, -0.1) is 0 Å². The Morgan fingerprint density at radius 3 is 2.64 bits per heavy atom. The number of aryl methyl sites for hydroxylation is 2. The number of benzene rings is 1. The molecule has 2 nitrogen and oxygen atoms in total. The second-order valence-corrected chi connectivity index (χ2v) is 4.44. The number of nitrogen functional groups attached to an aromatic ring is 1.